The maximum Gasteiger partial charge on any atom is 0.160 e. The number of fused-ring (bicyclic) bond motifs is 6. The molecule has 0 aliphatic heterocycles. The van der Waals surface area contributed by atoms with Crippen LogP contribution in [0, 0.1) is 0 Å². The quantitative estimate of drug-likeness (QED) is 0.188. The van der Waals surface area contributed by atoms with Crippen LogP contribution in [0.3, 0.4) is 0 Å². The highest BCUT2D eigenvalue weighted by Crippen LogP contribution is 2.38. The molecule has 3 heterocycles. The van der Waals surface area contributed by atoms with Gasteiger partial charge in [0, 0.05) is 43.9 Å². The zero-order valence-corrected chi connectivity index (χ0v) is 27.0. The predicted octanol–water partition coefficient (Wildman–Crippen LogP) is 12.1. The molecule has 0 bridgehead atoms. The minimum absolute atomic E-state index is 0.683. The van der Waals surface area contributed by atoms with Crippen LogP contribution in [0.15, 0.2) is 180 Å². The third kappa shape index (κ3) is 4.61. The molecule has 10 rings (SSSR count). The summed E-state index contributed by atoms with van der Waals surface area (Å²) in [6.45, 7) is 0. The second-order valence-electron chi connectivity index (χ2n) is 12.6. The summed E-state index contributed by atoms with van der Waals surface area (Å²) in [5.41, 5.74) is 12.1. The van der Waals surface area contributed by atoms with Crippen molar-refractivity contribution >= 4 is 43.7 Å². The molecule has 0 saturated heterocycles. The van der Waals surface area contributed by atoms with Crippen LogP contribution in [-0.4, -0.2) is 14.5 Å². The van der Waals surface area contributed by atoms with E-state index in [0.717, 1.165) is 66.8 Å². The molecule has 0 aliphatic carbocycles. The summed E-state index contributed by atoms with van der Waals surface area (Å²) in [4.78, 5) is 10.4. The van der Waals surface area contributed by atoms with Gasteiger partial charge in [0.1, 0.15) is 11.2 Å². The highest BCUT2D eigenvalue weighted by atomic mass is 16.3. The van der Waals surface area contributed by atoms with Crippen LogP contribution >= 0.6 is 0 Å². The average Bonchev–Trinajstić information content (AvgIpc) is 3.73. The molecule has 4 nitrogen and oxygen atoms in total. The summed E-state index contributed by atoms with van der Waals surface area (Å²) >= 11 is 0. The molecule has 0 fully saturated rings. The van der Waals surface area contributed by atoms with Gasteiger partial charge in [0.05, 0.1) is 22.4 Å². The predicted molar refractivity (Wildman–Crippen MR) is 205 cm³/mol. The second-order valence-corrected chi connectivity index (χ2v) is 12.6. The van der Waals surface area contributed by atoms with Gasteiger partial charge < -0.3 is 8.98 Å². The Balaban J connectivity index is 1.15. The number of furan rings is 1. The van der Waals surface area contributed by atoms with Gasteiger partial charge in [-0.15, -0.1) is 0 Å². The minimum atomic E-state index is 0.683. The Morgan fingerprint density at radius 1 is 0.380 bits per heavy atom. The van der Waals surface area contributed by atoms with Crippen molar-refractivity contribution in [3.05, 3.63) is 176 Å². The molecule has 0 N–H and O–H groups in total. The van der Waals surface area contributed by atoms with Gasteiger partial charge in [0.2, 0.25) is 0 Å². The van der Waals surface area contributed by atoms with Crippen molar-refractivity contribution in [2.45, 2.75) is 0 Å². The fourth-order valence-electron chi connectivity index (χ4n) is 7.31. The molecular weight excluding hydrogens is 611 g/mol. The molecular formula is C46H29N3O. The number of rotatable bonds is 5. The van der Waals surface area contributed by atoms with Crippen molar-refractivity contribution < 1.29 is 4.42 Å². The fraction of sp³-hybridized carbons (Fsp3) is 0. The summed E-state index contributed by atoms with van der Waals surface area (Å²) in [5.74, 6) is 0.683. The summed E-state index contributed by atoms with van der Waals surface area (Å²) in [6.07, 6.45) is 0. The van der Waals surface area contributed by atoms with Gasteiger partial charge in [-0.25, -0.2) is 9.97 Å². The van der Waals surface area contributed by atoms with E-state index in [9.17, 15) is 0 Å². The van der Waals surface area contributed by atoms with Crippen LogP contribution in [0.25, 0.3) is 94.5 Å². The van der Waals surface area contributed by atoms with Crippen molar-refractivity contribution in [3.63, 3.8) is 0 Å². The van der Waals surface area contributed by atoms with Crippen molar-refractivity contribution in [1.82, 2.24) is 14.5 Å². The smallest absolute Gasteiger partial charge is 0.160 e. The summed E-state index contributed by atoms with van der Waals surface area (Å²) in [6, 6.07) is 61.4. The highest BCUT2D eigenvalue weighted by Gasteiger charge is 2.17. The monoisotopic (exact) mass is 639 g/mol. The number of nitrogens with zero attached hydrogens (tertiary/aromatic N) is 3. The third-order valence-corrected chi connectivity index (χ3v) is 9.63. The molecule has 0 aliphatic rings. The van der Waals surface area contributed by atoms with Crippen LogP contribution in [-0.2, 0) is 0 Å². The Morgan fingerprint density at radius 2 is 1.00 bits per heavy atom. The van der Waals surface area contributed by atoms with E-state index in [1.54, 1.807) is 0 Å². The summed E-state index contributed by atoms with van der Waals surface area (Å²) < 4.78 is 8.63. The Labute approximate surface area is 288 Å². The molecule has 10 aromatic rings. The van der Waals surface area contributed by atoms with Gasteiger partial charge in [-0.05, 0) is 59.7 Å². The van der Waals surface area contributed by atoms with Crippen molar-refractivity contribution in [2.24, 2.45) is 0 Å². The van der Waals surface area contributed by atoms with E-state index in [2.05, 4.69) is 150 Å². The molecule has 0 radical (unpaired) electrons. The molecule has 0 atom stereocenters. The Kier molecular flexibility index (Phi) is 6.46. The van der Waals surface area contributed by atoms with E-state index in [1.807, 2.05) is 30.3 Å². The van der Waals surface area contributed by atoms with Gasteiger partial charge in [-0.3, -0.25) is 0 Å². The lowest BCUT2D eigenvalue weighted by atomic mass is 9.95. The normalized spacial score (nSPS) is 11.6. The van der Waals surface area contributed by atoms with Gasteiger partial charge in [-0.1, -0.05) is 127 Å². The fourth-order valence-corrected chi connectivity index (χ4v) is 7.31. The first-order valence-corrected chi connectivity index (χ1v) is 16.8. The Morgan fingerprint density at radius 3 is 1.80 bits per heavy atom. The number of hydrogen-bond acceptors (Lipinski definition) is 3. The first-order chi connectivity index (χ1) is 24.8. The van der Waals surface area contributed by atoms with Crippen molar-refractivity contribution in [3.8, 4) is 50.7 Å². The lowest BCUT2D eigenvalue weighted by molar-refractivity contribution is 0.669. The molecule has 0 spiro atoms. The van der Waals surface area contributed by atoms with Crippen molar-refractivity contribution in [1.29, 1.82) is 0 Å². The van der Waals surface area contributed by atoms with Gasteiger partial charge in [0.15, 0.2) is 5.82 Å². The highest BCUT2D eigenvalue weighted by molar-refractivity contribution is 6.09. The third-order valence-electron chi connectivity index (χ3n) is 9.63. The van der Waals surface area contributed by atoms with Gasteiger partial charge in [-0.2, -0.15) is 0 Å². The van der Waals surface area contributed by atoms with Crippen molar-refractivity contribution in [2.75, 3.05) is 0 Å². The summed E-state index contributed by atoms with van der Waals surface area (Å²) in [5, 5.41) is 4.71. The number of benzene rings is 7. The van der Waals surface area contributed by atoms with Crippen LogP contribution in [0.4, 0.5) is 0 Å². The lowest BCUT2D eigenvalue weighted by Gasteiger charge is -2.14. The van der Waals surface area contributed by atoms with E-state index >= 15 is 0 Å². The average molecular weight is 640 g/mol. The van der Waals surface area contributed by atoms with E-state index in [4.69, 9.17) is 14.4 Å². The number of aromatic nitrogens is 3. The standard InChI is InChI=1S/C46H29N3O/c1-2-13-30(14-3-1)46-47-40(32-15-12-16-33(27-32)49-42-22-9-6-19-36(42)37-20-7-10-23-43(37)49)29-41(48-46)35-18-5-4-17-34(35)31-25-26-39-38-21-8-11-24-44(38)50-45(39)28-31/h1-29H. The molecule has 4 heteroatoms. The van der Waals surface area contributed by atoms with Crippen LogP contribution in [0.5, 0.6) is 0 Å². The maximum atomic E-state index is 6.28. The molecule has 0 saturated carbocycles. The van der Waals surface area contributed by atoms with Gasteiger partial charge in [0.25, 0.3) is 0 Å². The van der Waals surface area contributed by atoms with Crippen LogP contribution in [0.2, 0.25) is 0 Å². The van der Waals surface area contributed by atoms with E-state index in [1.165, 1.54) is 21.8 Å². The maximum absolute atomic E-state index is 6.28. The second kappa shape index (κ2) is 11.4. The lowest BCUT2D eigenvalue weighted by Crippen LogP contribution is -1.98. The SMILES string of the molecule is c1ccc(-c2nc(-c3cccc(-n4c5ccccc5c5ccccc54)c3)cc(-c3ccccc3-c3ccc4c(c3)oc3ccccc34)n2)cc1. The zero-order valence-electron chi connectivity index (χ0n) is 27.0. The first-order valence-electron chi connectivity index (χ1n) is 16.8. The summed E-state index contributed by atoms with van der Waals surface area (Å²) in [7, 11) is 0. The van der Waals surface area contributed by atoms with E-state index in [0.29, 0.717) is 5.82 Å². The largest absolute Gasteiger partial charge is 0.456 e. The van der Waals surface area contributed by atoms with Gasteiger partial charge >= 0.3 is 0 Å². The Bertz CT molecular complexity index is 2830. The number of para-hydroxylation sites is 3. The molecule has 7 aromatic carbocycles. The van der Waals surface area contributed by atoms with Crippen LogP contribution < -0.4 is 0 Å². The van der Waals surface area contributed by atoms with E-state index in [-0.39, 0.29) is 0 Å². The molecule has 50 heavy (non-hydrogen) atoms. The van der Waals surface area contributed by atoms with Crippen LogP contribution in [0.1, 0.15) is 0 Å². The van der Waals surface area contributed by atoms with E-state index < -0.39 is 0 Å². The topological polar surface area (TPSA) is 43.9 Å². The minimum Gasteiger partial charge on any atom is -0.456 e. The molecule has 0 unspecified atom stereocenters. The molecule has 234 valence electrons. The number of hydrogen-bond donors (Lipinski definition) is 0. The zero-order chi connectivity index (χ0) is 33.0. The molecule has 0 amide bonds. The Hall–Kier alpha value is -6.78. The first kappa shape index (κ1) is 28.3. The molecule has 3 aromatic heterocycles.